The number of carbonyl (C=O) groups excluding carboxylic acids is 1. The zero-order valence-corrected chi connectivity index (χ0v) is 14.3. The molecule has 5 nitrogen and oxygen atoms in total. The molecule has 1 aliphatic rings. The van der Waals surface area contributed by atoms with Crippen LogP contribution in [0.2, 0.25) is 5.02 Å². The smallest absolute Gasteiger partial charge is 0.289 e. The van der Waals surface area contributed by atoms with Gasteiger partial charge in [-0.15, -0.1) is 0 Å². The lowest BCUT2D eigenvalue weighted by Crippen LogP contribution is -2.46. The fourth-order valence-corrected chi connectivity index (χ4v) is 3.02. The minimum Gasteiger partial charge on any atom is -0.453 e. The molecular weight excluding hydrogens is 330 g/mol. The van der Waals surface area contributed by atoms with Crippen molar-refractivity contribution in [2.45, 2.75) is 19.1 Å². The summed E-state index contributed by atoms with van der Waals surface area (Å²) in [5.74, 6) is 0.854. The maximum absolute atomic E-state index is 12.6. The Labute approximate surface area is 146 Å². The number of furan rings is 1. The van der Waals surface area contributed by atoms with E-state index < -0.39 is 0 Å². The third-order valence-corrected chi connectivity index (χ3v) is 4.36. The molecule has 6 heteroatoms. The van der Waals surface area contributed by atoms with Crippen molar-refractivity contribution in [1.29, 1.82) is 0 Å². The number of rotatable bonds is 5. The van der Waals surface area contributed by atoms with Crippen molar-refractivity contribution >= 4 is 17.5 Å². The van der Waals surface area contributed by atoms with Crippen molar-refractivity contribution in [1.82, 2.24) is 4.90 Å². The Balaban J connectivity index is 1.64. The van der Waals surface area contributed by atoms with Gasteiger partial charge in [-0.2, -0.15) is 0 Å². The molecule has 0 radical (unpaired) electrons. The fraction of sp³-hybridized carbons (Fsp3) is 0.389. The lowest BCUT2D eigenvalue weighted by Gasteiger charge is -2.32. The fourth-order valence-electron chi connectivity index (χ4n) is 2.81. The molecule has 2 aromatic rings. The van der Waals surface area contributed by atoms with Gasteiger partial charge < -0.3 is 18.8 Å². The van der Waals surface area contributed by atoms with Gasteiger partial charge in [0.15, 0.2) is 5.76 Å². The number of amides is 1. The summed E-state index contributed by atoms with van der Waals surface area (Å²) in [6.45, 7) is 1.93. The predicted molar refractivity (Wildman–Crippen MR) is 90.2 cm³/mol. The van der Waals surface area contributed by atoms with Crippen LogP contribution in [0.15, 0.2) is 40.8 Å². The number of carbonyl (C=O) groups is 1. The van der Waals surface area contributed by atoms with E-state index in [2.05, 4.69) is 0 Å². The Morgan fingerprint density at radius 3 is 2.96 bits per heavy atom. The SMILES string of the molecule is COCc1ccc(C(=O)N2CCOC(Cc3ccccc3Cl)C2)o1. The third-order valence-electron chi connectivity index (χ3n) is 3.99. The Hall–Kier alpha value is -1.82. The summed E-state index contributed by atoms with van der Waals surface area (Å²) in [6, 6.07) is 11.2. The van der Waals surface area contributed by atoms with Crippen LogP contribution >= 0.6 is 11.6 Å². The summed E-state index contributed by atoms with van der Waals surface area (Å²) in [4.78, 5) is 14.4. The highest BCUT2D eigenvalue weighted by atomic mass is 35.5. The third kappa shape index (κ3) is 3.98. The molecule has 128 valence electrons. The second kappa shape index (κ2) is 7.83. The maximum atomic E-state index is 12.6. The van der Waals surface area contributed by atoms with Crippen LogP contribution in [0.3, 0.4) is 0 Å². The number of morpholine rings is 1. The van der Waals surface area contributed by atoms with Crippen molar-refractivity contribution in [2.24, 2.45) is 0 Å². The number of halogens is 1. The first-order valence-electron chi connectivity index (χ1n) is 7.89. The predicted octanol–water partition coefficient (Wildman–Crippen LogP) is 3.16. The van der Waals surface area contributed by atoms with Crippen LogP contribution in [0.4, 0.5) is 0 Å². The molecule has 1 aliphatic heterocycles. The second-order valence-electron chi connectivity index (χ2n) is 5.74. The topological polar surface area (TPSA) is 51.9 Å². The van der Waals surface area contributed by atoms with Crippen LogP contribution in [0.1, 0.15) is 21.9 Å². The van der Waals surface area contributed by atoms with Crippen LogP contribution in [-0.4, -0.2) is 43.7 Å². The van der Waals surface area contributed by atoms with Crippen LogP contribution < -0.4 is 0 Å². The van der Waals surface area contributed by atoms with Crippen LogP contribution in [0.5, 0.6) is 0 Å². The number of ether oxygens (including phenoxy) is 2. The van der Waals surface area contributed by atoms with Gasteiger partial charge in [0.2, 0.25) is 0 Å². The number of nitrogens with zero attached hydrogens (tertiary/aromatic N) is 1. The van der Waals surface area contributed by atoms with Crippen LogP contribution in [0, 0.1) is 0 Å². The van der Waals surface area contributed by atoms with E-state index in [0.717, 1.165) is 10.6 Å². The maximum Gasteiger partial charge on any atom is 0.289 e. The monoisotopic (exact) mass is 349 g/mol. The number of benzene rings is 1. The van der Waals surface area contributed by atoms with Gasteiger partial charge in [-0.1, -0.05) is 29.8 Å². The first-order valence-corrected chi connectivity index (χ1v) is 8.27. The molecule has 3 rings (SSSR count). The second-order valence-corrected chi connectivity index (χ2v) is 6.15. The summed E-state index contributed by atoms with van der Waals surface area (Å²) in [5, 5.41) is 0.722. The average Bonchev–Trinajstić information content (AvgIpc) is 3.06. The van der Waals surface area contributed by atoms with Crippen LogP contribution in [-0.2, 0) is 22.5 Å². The van der Waals surface area contributed by atoms with E-state index in [0.29, 0.717) is 44.2 Å². The molecule has 1 saturated heterocycles. The van der Waals surface area contributed by atoms with Gasteiger partial charge in [0.25, 0.3) is 5.91 Å². The van der Waals surface area contributed by atoms with Gasteiger partial charge in [-0.25, -0.2) is 0 Å². The molecular formula is C18H20ClNO4. The Kier molecular flexibility index (Phi) is 5.56. The van der Waals surface area contributed by atoms with Gasteiger partial charge >= 0.3 is 0 Å². The summed E-state index contributed by atoms with van der Waals surface area (Å²) < 4.78 is 16.3. The summed E-state index contributed by atoms with van der Waals surface area (Å²) >= 11 is 6.21. The summed E-state index contributed by atoms with van der Waals surface area (Å²) in [6.07, 6.45) is 0.604. The molecule has 0 aliphatic carbocycles. The van der Waals surface area contributed by atoms with Gasteiger partial charge in [0.05, 0.1) is 12.7 Å². The molecule has 1 aromatic heterocycles. The minimum atomic E-state index is -0.121. The van der Waals surface area contributed by atoms with E-state index in [9.17, 15) is 4.79 Å². The summed E-state index contributed by atoms with van der Waals surface area (Å²) in [7, 11) is 1.59. The van der Waals surface area contributed by atoms with E-state index in [1.165, 1.54) is 0 Å². The van der Waals surface area contributed by atoms with Crippen LogP contribution in [0.25, 0.3) is 0 Å². The Morgan fingerprint density at radius 1 is 1.33 bits per heavy atom. The van der Waals surface area contributed by atoms with Gasteiger partial charge in [-0.05, 0) is 23.8 Å². The van der Waals surface area contributed by atoms with Crippen molar-refractivity contribution in [2.75, 3.05) is 26.8 Å². The largest absolute Gasteiger partial charge is 0.453 e. The van der Waals surface area contributed by atoms with Gasteiger partial charge in [0.1, 0.15) is 12.4 Å². The molecule has 2 heterocycles. The molecule has 1 fully saturated rings. The normalized spacial score (nSPS) is 17.9. The van der Waals surface area contributed by atoms with Crippen molar-refractivity contribution in [3.63, 3.8) is 0 Å². The van der Waals surface area contributed by atoms with E-state index in [-0.39, 0.29) is 12.0 Å². The highest BCUT2D eigenvalue weighted by molar-refractivity contribution is 6.31. The number of methoxy groups -OCH3 is 1. The molecule has 0 spiro atoms. The van der Waals surface area contributed by atoms with E-state index in [4.69, 9.17) is 25.5 Å². The number of hydrogen-bond donors (Lipinski definition) is 0. The highest BCUT2D eigenvalue weighted by Crippen LogP contribution is 2.20. The molecule has 0 N–H and O–H groups in total. The summed E-state index contributed by atoms with van der Waals surface area (Å²) in [5.41, 5.74) is 1.03. The molecule has 1 unspecified atom stereocenters. The molecule has 0 bridgehead atoms. The molecule has 1 amide bonds. The van der Waals surface area contributed by atoms with E-state index in [1.807, 2.05) is 24.3 Å². The Bertz CT molecular complexity index is 700. The van der Waals surface area contributed by atoms with E-state index in [1.54, 1.807) is 24.1 Å². The van der Waals surface area contributed by atoms with Gasteiger partial charge in [-0.3, -0.25) is 4.79 Å². The average molecular weight is 350 g/mol. The first-order chi connectivity index (χ1) is 11.7. The zero-order valence-electron chi connectivity index (χ0n) is 13.5. The lowest BCUT2D eigenvalue weighted by atomic mass is 10.1. The first kappa shape index (κ1) is 17.0. The minimum absolute atomic E-state index is 0.0731. The molecule has 24 heavy (non-hydrogen) atoms. The Morgan fingerprint density at radius 2 is 2.17 bits per heavy atom. The molecule has 0 saturated carbocycles. The molecule has 1 atom stereocenters. The van der Waals surface area contributed by atoms with Gasteiger partial charge in [0, 0.05) is 31.6 Å². The standard InChI is InChI=1S/C18H20ClNO4/c1-22-12-14-6-7-17(24-14)18(21)20-8-9-23-15(11-20)10-13-4-2-3-5-16(13)19/h2-7,15H,8-12H2,1H3. The highest BCUT2D eigenvalue weighted by Gasteiger charge is 2.27. The van der Waals surface area contributed by atoms with Crippen molar-refractivity contribution < 1.29 is 18.7 Å². The van der Waals surface area contributed by atoms with E-state index >= 15 is 0 Å². The van der Waals surface area contributed by atoms with Crippen molar-refractivity contribution in [3.8, 4) is 0 Å². The number of hydrogen-bond acceptors (Lipinski definition) is 4. The zero-order chi connectivity index (χ0) is 16.9. The molecule has 1 aromatic carbocycles. The quantitative estimate of drug-likeness (QED) is 0.832. The lowest BCUT2D eigenvalue weighted by molar-refractivity contribution is -0.0218. The van der Waals surface area contributed by atoms with Crippen molar-refractivity contribution in [3.05, 3.63) is 58.5 Å².